The molecule has 9 heteroatoms. The number of anilines is 2. The Kier molecular flexibility index (Phi) is 9.59. The number of nitro benzene ring substituents is 1. The van der Waals surface area contributed by atoms with Crippen molar-refractivity contribution in [1.29, 1.82) is 0 Å². The zero-order chi connectivity index (χ0) is 27.8. The molecule has 0 aromatic heterocycles. The molecule has 208 valence electrons. The van der Waals surface area contributed by atoms with Crippen molar-refractivity contribution in [1.82, 2.24) is 5.01 Å². The minimum absolute atomic E-state index is 0.0482. The van der Waals surface area contributed by atoms with Gasteiger partial charge in [-0.2, -0.15) is 0 Å². The molecule has 2 aromatic rings. The second-order valence-electron chi connectivity index (χ2n) is 10.2. The summed E-state index contributed by atoms with van der Waals surface area (Å²) in [6, 6.07) is 14.1. The number of amides is 1. The summed E-state index contributed by atoms with van der Waals surface area (Å²) in [6.45, 7) is 2.21. The van der Waals surface area contributed by atoms with Gasteiger partial charge in [-0.3, -0.25) is 30.2 Å². The minimum Gasteiger partial charge on any atom is -0.510 e. The van der Waals surface area contributed by atoms with E-state index in [1.54, 1.807) is 53.6 Å². The van der Waals surface area contributed by atoms with Gasteiger partial charge in [-0.05, 0) is 36.8 Å². The fraction of sp³-hybridized carbons (Fsp3) is 0.433. The maximum Gasteiger partial charge on any atom is 0.269 e. The van der Waals surface area contributed by atoms with Crippen molar-refractivity contribution in [2.75, 3.05) is 10.3 Å². The lowest BCUT2D eigenvalue weighted by Gasteiger charge is -2.37. The van der Waals surface area contributed by atoms with E-state index in [-0.39, 0.29) is 17.4 Å². The Balaban J connectivity index is 1.55. The average molecular weight is 535 g/mol. The largest absolute Gasteiger partial charge is 0.510 e. The number of nitro groups is 1. The molecule has 0 saturated carbocycles. The molecule has 0 radical (unpaired) electrons. The zero-order valence-electron chi connectivity index (χ0n) is 22.4. The number of hydrogen-bond donors (Lipinski definition) is 3. The number of hydrogen-bond acceptors (Lipinski definition) is 7. The molecule has 1 amide bonds. The Hall–Kier alpha value is -3.85. The molecule has 3 N–H and O–H groups in total. The zero-order valence-corrected chi connectivity index (χ0v) is 22.4. The summed E-state index contributed by atoms with van der Waals surface area (Å²) in [5, 5.41) is 35.0. The number of carbonyl (C=O) groups excluding carboxylic acids is 1. The molecule has 0 bridgehead atoms. The molecular weight excluding hydrogens is 496 g/mol. The van der Waals surface area contributed by atoms with E-state index in [1.165, 1.54) is 49.1 Å². The fourth-order valence-electron chi connectivity index (χ4n) is 5.28. The number of hydrazine groups is 1. The SMILES string of the molecule is CCCCCCCCCC/C(O)=C1\C=CC2[C@@H](C(=O)N(c3ccccc3)[C@@H]2O)N1Nc1ccc([N+](=O)[O-])cc1. The van der Waals surface area contributed by atoms with Gasteiger partial charge < -0.3 is 10.2 Å². The molecule has 9 nitrogen and oxygen atoms in total. The number of allylic oxidation sites excluding steroid dienone is 2. The first-order chi connectivity index (χ1) is 18.9. The number of nitrogens with one attached hydrogen (secondary N) is 1. The van der Waals surface area contributed by atoms with Gasteiger partial charge in [0.1, 0.15) is 18.0 Å². The molecule has 2 aliphatic heterocycles. The number of benzene rings is 2. The molecule has 0 aliphatic carbocycles. The lowest BCUT2D eigenvalue weighted by atomic mass is 9.95. The lowest BCUT2D eigenvalue weighted by Crippen LogP contribution is -2.48. The standard InChI is InChI=1S/C30H38N4O5/c1-2-3-4-5-6-7-8-12-15-27(35)26-21-20-25-28(30(37)32(29(25)36)23-13-10-9-11-14-23)33(26)31-22-16-18-24(19-17-22)34(38)39/h9-11,13-14,16-21,25,28-29,31,35-36H,2-8,12,15H2,1H3/b27-26-/t25?,28-,29+/m0/s1. The first-order valence-corrected chi connectivity index (χ1v) is 13.9. The molecule has 3 atom stereocenters. The lowest BCUT2D eigenvalue weighted by molar-refractivity contribution is -0.384. The second kappa shape index (κ2) is 13.3. The van der Waals surface area contributed by atoms with E-state index in [2.05, 4.69) is 12.3 Å². The highest BCUT2D eigenvalue weighted by Gasteiger charge is 2.52. The summed E-state index contributed by atoms with van der Waals surface area (Å²) in [5.74, 6) is -0.705. The normalized spacial score (nSPS) is 21.7. The van der Waals surface area contributed by atoms with Gasteiger partial charge in [0, 0.05) is 24.2 Å². The highest BCUT2D eigenvalue weighted by atomic mass is 16.6. The Labute approximate surface area is 229 Å². The molecule has 1 fully saturated rings. The molecule has 39 heavy (non-hydrogen) atoms. The van der Waals surface area contributed by atoms with Crippen molar-refractivity contribution in [3.63, 3.8) is 0 Å². The van der Waals surface area contributed by atoms with Crippen LogP contribution in [0.3, 0.4) is 0 Å². The van der Waals surface area contributed by atoms with Crippen LogP contribution in [0.5, 0.6) is 0 Å². The van der Waals surface area contributed by atoms with E-state index in [0.29, 0.717) is 23.5 Å². The van der Waals surface area contributed by atoms with Crippen LogP contribution in [0.2, 0.25) is 0 Å². The number of nitrogens with zero attached hydrogens (tertiary/aromatic N) is 3. The minimum atomic E-state index is -1.08. The third kappa shape index (κ3) is 6.60. The smallest absolute Gasteiger partial charge is 0.269 e. The van der Waals surface area contributed by atoms with E-state index < -0.39 is 23.1 Å². The quantitative estimate of drug-likeness (QED) is 0.117. The van der Waals surface area contributed by atoms with Crippen LogP contribution in [0.1, 0.15) is 64.7 Å². The molecular formula is C30H38N4O5. The van der Waals surface area contributed by atoms with E-state index >= 15 is 0 Å². The summed E-state index contributed by atoms with van der Waals surface area (Å²) in [7, 11) is 0. The number of carbonyl (C=O) groups is 1. The van der Waals surface area contributed by atoms with Crippen LogP contribution in [-0.4, -0.2) is 38.3 Å². The molecule has 4 rings (SSSR count). The Morgan fingerprint density at radius 1 is 0.974 bits per heavy atom. The van der Waals surface area contributed by atoms with Gasteiger partial charge in [-0.25, -0.2) is 0 Å². The molecule has 0 spiro atoms. The van der Waals surface area contributed by atoms with Crippen molar-refractivity contribution in [3.05, 3.63) is 88.3 Å². The van der Waals surface area contributed by atoms with Crippen molar-refractivity contribution in [2.45, 2.75) is 77.0 Å². The van der Waals surface area contributed by atoms with E-state index in [1.807, 2.05) is 6.07 Å². The van der Waals surface area contributed by atoms with E-state index in [0.717, 1.165) is 19.3 Å². The Bertz CT molecular complexity index is 1180. The fourth-order valence-corrected chi connectivity index (χ4v) is 5.28. The van der Waals surface area contributed by atoms with Crippen molar-refractivity contribution in [3.8, 4) is 0 Å². The molecule has 2 aromatic carbocycles. The number of unbranched alkanes of at least 4 members (excludes halogenated alkanes) is 7. The van der Waals surface area contributed by atoms with Crippen LogP contribution in [0.15, 0.2) is 78.2 Å². The highest BCUT2D eigenvalue weighted by molar-refractivity contribution is 6.01. The average Bonchev–Trinajstić information content (AvgIpc) is 3.20. The molecule has 1 unspecified atom stereocenters. The summed E-state index contributed by atoms with van der Waals surface area (Å²) >= 11 is 0. The van der Waals surface area contributed by atoms with Gasteiger partial charge in [0.2, 0.25) is 0 Å². The van der Waals surface area contributed by atoms with Gasteiger partial charge in [-0.1, -0.05) is 76.1 Å². The number of rotatable bonds is 13. The van der Waals surface area contributed by atoms with Crippen LogP contribution >= 0.6 is 0 Å². The van der Waals surface area contributed by atoms with Gasteiger partial charge >= 0.3 is 0 Å². The first-order valence-electron chi connectivity index (χ1n) is 13.9. The maximum absolute atomic E-state index is 13.7. The summed E-state index contributed by atoms with van der Waals surface area (Å²) in [5.41, 5.74) is 4.70. The third-order valence-corrected chi connectivity index (χ3v) is 7.40. The van der Waals surface area contributed by atoms with Crippen molar-refractivity contribution in [2.24, 2.45) is 5.92 Å². The number of fused-ring (bicyclic) bond motifs is 1. The van der Waals surface area contributed by atoms with Crippen LogP contribution in [0.4, 0.5) is 17.1 Å². The number of aliphatic hydroxyl groups is 2. The number of non-ortho nitro benzene ring substituents is 1. The first kappa shape index (κ1) is 28.2. The van der Waals surface area contributed by atoms with Gasteiger partial charge in [0.25, 0.3) is 11.6 Å². The van der Waals surface area contributed by atoms with Gasteiger partial charge in [0.15, 0.2) is 0 Å². The summed E-state index contributed by atoms with van der Waals surface area (Å²) in [6.07, 6.45) is 12.0. The monoisotopic (exact) mass is 534 g/mol. The predicted octanol–water partition coefficient (Wildman–Crippen LogP) is 6.44. The Morgan fingerprint density at radius 3 is 2.26 bits per heavy atom. The van der Waals surface area contributed by atoms with Crippen molar-refractivity contribution < 1.29 is 19.9 Å². The van der Waals surface area contributed by atoms with Crippen LogP contribution in [0, 0.1) is 16.0 Å². The number of aliphatic hydroxyl groups excluding tert-OH is 2. The number of para-hydroxylation sites is 1. The second-order valence-corrected chi connectivity index (χ2v) is 10.2. The maximum atomic E-state index is 13.7. The third-order valence-electron chi connectivity index (χ3n) is 7.40. The van der Waals surface area contributed by atoms with E-state index in [4.69, 9.17) is 0 Å². The van der Waals surface area contributed by atoms with Crippen LogP contribution in [0.25, 0.3) is 0 Å². The van der Waals surface area contributed by atoms with Gasteiger partial charge in [-0.15, -0.1) is 0 Å². The molecule has 1 saturated heterocycles. The predicted molar refractivity (Wildman–Crippen MR) is 152 cm³/mol. The summed E-state index contributed by atoms with van der Waals surface area (Å²) < 4.78 is 0. The van der Waals surface area contributed by atoms with Crippen molar-refractivity contribution >= 4 is 23.0 Å². The van der Waals surface area contributed by atoms with E-state index in [9.17, 15) is 25.1 Å². The topological polar surface area (TPSA) is 119 Å². The molecule has 2 aliphatic rings. The van der Waals surface area contributed by atoms with Crippen LogP contribution in [-0.2, 0) is 4.79 Å². The van der Waals surface area contributed by atoms with Gasteiger partial charge in [0.05, 0.1) is 22.2 Å². The highest BCUT2D eigenvalue weighted by Crippen LogP contribution is 2.39. The molecule has 2 heterocycles. The summed E-state index contributed by atoms with van der Waals surface area (Å²) in [4.78, 5) is 25.7. The van der Waals surface area contributed by atoms with Crippen LogP contribution < -0.4 is 10.3 Å². The Morgan fingerprint density at radius 2 is 1.62 bits per heavy atom.